The van der Waals surface area contributed by atoms with Crippen LogP contribution in [0.2, 0.25) is 5.02 Å². The molecule has 0 atom stereocenters. The van der Waals surface area contributed by atoms with Gasteiger partial charge in [-0.25, -0.2) is 9.37 Å². The first-order valence-electron chi connectivity index (χ1n) is 5.76. The van der Waals surface area contributed by atoms with Gasteiger partial charge in [-0.2, -0.15) is 0 Å². The van der Waals surface area contributed by atoms with Gasteiger partial charge in [0.2, 0.25) is 5.95 Å². The summed E-state index contributed by atoms with van der Waals surface area (Å²) in [7, 11) is 0. The van der Waals surface area contributed by atoms with E-state index in [-0.39, 0.29) is 5.95 Å². The van der Waals surface area contributed by atoms with Gasteiger partial charge in [0.05, 0.1) is 16.7 Å². The molecule has 0 aliphatic carbocycles. The minimum Gasteiger partial charge on any atom is -0.369 e. The number of nitrogen functional groups attached to an aromatic ring is 1. The van der Waals surface area contributed by atoms with Crippen LogP contribution in [0, 0.1) is 12.7 Å². The lowest BCUT2D eigenvalue weighted by atomic mass is 10.2. The van der Waals surface area contributed by atoms with Crippen LogP contribution in [0.5, 0.6) is 0 Å². The highest BCUT2D eigenvalue weighted by Crippen LogP contribution is 2.27. The van der Waals surface area contributed by atoms with E-state index in [9.17, 15) is 4.39 Å². The molecule has 0 aliphatic rings. The quantitative estimate of drug-likeness (QED) is 0.736. The van der Waals surface area contributed by atoms with Crippen molar-refractivity contribution in [3.8, 4) is 5.69 Å². The summed E-state index contributed by atoms with van der Waals surface area (Å²) < 4.78 is 15.5. The molecular weight excluding hydrogens is 265 g/mol. The Labute approximate surface area is 114 Å². The highest BCUT2D eigenvalue weighted by Gasteiger charge is 2.13. The van der Waals surface area contributed by atoms with Crippen LogP contribution in [0.4, 0.5) is 10.3 Å². The molecule has 1 aromatic heterocycles. The summed E-state index contributed by atoms with van der Waals surface area (Å²) in [5.74, 6) is -0.155. The normalized spacial score (nSPS) is 11.1. The maximum atomic E-state index is 14.0. The van der Waals surface area contributed by atoms with Gasteiger partial charge in [0.1, 0.15) is 5.82 Å². The molecule has 3 rings (SSSR count). The van der Waals surface area contributed by atoms with Crippen molar-refractivity contribution in [1.29, 1.82) is 0 Å². The van der Waals surface area contributed by atoms with Crippen molar-refractivity contribution >= 4 is 28.6 Å². The van der Waals surface area contributed by atoms with Gasteiger partial charge in [0, 0.05) is 5.02 Å². The number of hydrogen-bond acceptors (Lipinski definition) is 2. The molecular formula is C14H11ClFN3. The van der Waals surface area contributed by atoms with E-state index >= 15 is 0 Å². The Morgan fingerprint density at radius 2 is 2.00 bits per heavy atom. The first-order chi connectivity index (χ1) is 9.06. The Kier molecular flexibility index (Phi) is 2.68. The fraction of sp³-hybridized carbons (Fsp3) is 0.0714. The summed E-state index contributed by atoms with van der Waals surface area (Å²) in [6.07, 6.45) is 0. The van der Waals surface area contributed by atoms with Gasteiger partial charge in [-0.05, 0) is 42.8 Å². The van der Waals surface area contributed by atoms with Gasteiger partial charge in [-0.1, -0.05) is 17.7 Å². The van der Waals surface area contributed by atoms with Crippen LogP contribution in [0.1, 0.15) is 5.56 Å². The number of anilines is 1. The number of nitrogens with zero attached hydrogens (tertiary/aromatic N) is 2. The second-order valence-corrected chi connectivity index (χ2v) is 4.83. The average molecular weight is 276 g/mol. The van der Waals surface area contributed by atoms with Gasteiger partial charge < -0.3 is 5.73 Å². The molecule has 3 aromatic rings. The van der Waals surface area contributed by atoms with Crippen molar-refractivity contribution in [2.45, 2.75) is 6.92 Å². The molecule has 2 N–H and O–H groups in total. The number of rotatable bonds is 1. The third-order valence-corrected chi connectivity index (χ3v) is 3.22. The maximum absolute atomic E-state index is 14.0. The average Bonchev–Trinajstić information content (AvgIpc) is 2.67. The summed E-state index contributed by atoms with van der Waals surface area (Å²) in [6, 6.07) is 10.1. The van der Waals surface area contributed by atoms with Crippen molar-refractivity contribution < 1.29 is 4.39 Å². The maximum Gasteiger partial charge on any atom is 0.206 e. The number of fused-ring (bicyclic) bond motifs is 1. The third kappa shape index (κ3) is 1.94. The van der Waals surface area contributed by atoms with Crippen molar-refractivity contribution in [1.82, 2.24) is 9.55 Å². The van der Waals surface area contributed by atoms with Gasteiger partial charge in [-0.15, -0.1) is 0 Å². The number of hydrogen-bond donors (Lipinski definition) is 1. The van der Waals surface area contributed by atoms with Crippen LogP contribution in [-0.2, 0) is 0 Å². The highest BCUT2D eigenvalue weighted by molar-refractivity contribution is 6.30. The molecule has 0 saturated carbocycles. The van der Waals surface area contributed by atoms with E-state index in [1.807, 2.05) is 25.1 Å². The first kappa shape index (κ1) is 12.0. The third-order valence-electron chi connectivity index (χ3n) is 2.99. The zero-order valence-electron chi connectivity index (χ0n) is 10.2. The second-order valence-electron chi connectivity index (χ2n) is 4.39. The SMILES string of the molecule is Cc1ccc2c(c1)nc(N)n2-c1cc(Cl)ccc1F. The van der Waals surface area contributed by atoms with Gasteiger partial charge in [-0.3, -0.25) is 4.57 Å². The largest absolute Gasteiger partial charge is 0.369 e. The number of aryl methyl sites for hydroxylation is 1. The molecule has 0 saturated heterocycles. The molecule has 0 fully saturated rings. The van der Waals surface area contributed by atoms with E-state index in [2.05, 4.69) is 4.98 Å². The van der Waals surface area contributed by atoms with E-state index in [0.29, 0.717) is 10.7 Å². The Bertz CT molecular complexity index is 780. The van der Waals surface area contributed by atoms with Crippen LogP contribution in [0.15, 0.2) is 36.4 Å². The Hall–Kier alpha value is -2.07. The minimum absolute atomic E-state index is 0.238. The molecule has 2 aromatic carbocycles. The Morgan fingerprint density at radius 3 is 2.79 bits per heavy atom. The number of halogens is 2. The molecule has 0 unspecified atom stereocenters. The van der Waals surface area contributed by atoms with Gasteiger partial charge >= 0.3 is 0 Å². The van der Waals surface area contributed by atoms with E-state index in [0.717, 1.165) is 16.6 Å². The summed E-state index contributed by atoms with van der Waals surface area (Å²) in [4.78, 5) is 4.25. The molecule has 96 valence electrons. The van der Waals surface area contributed by atoms with Crippen molar-refractivity contribution in [3.63, 3.8) is 0 Å². The predicted molar refractivity (Wildman–Crippen MR) is 75.2 cm³/mol. The van der Waals surface area contributed by atoms with E-state index in [4.69, 9.17) is 17.3 Å². The number of benzene rings is 2. The first-order valence-corrected chi connectivity index (χ1v) is 6.14. The lowest BCUT2D eigenvalue weighted by Gasteiger charge is -2.08. The Morgan fingerprint density at radius 1 is 1.21 bits per heavy atom. The van der Waals surface area contributed by atoms with Crippen molar-refractivity contribution in [2.75, 3.05) is 5.73 Å². The van der Waals surface area contributed by atoms with Crippen LogP contribution in [0.25, 0.3) is 16.7 Å². The summed E-state index contributed by atoms with van der Waals surface area (Å²) in [6.45, 7) is 1.97. The number of imidazole rings is 1. The number of aromatic nitrogens is 2. The highest BCUT2D eigenvalue weighted by atomic mass is 35.5. The van der Waals surface area contributed by atoms with Crippen LogP contribution >= 0.6 is 11.6 Å². The fourth-order valence-electron chi connectivity index (χ4n) is 2.12. The lowest BCUT2D eigenvalue weighted by Crippen LogP contribution is -2.02. The lowest BCUT2D eigenvalue weighted by molar-refractivity contribution is 0.620. The molecule has 19 heavy (non-hydrogen) atoms. The summed E-state index contributed by atoms with van der Waals surface area (Å²) >= 11 is 5.92. The number of nitrogens with two attached hydrogens (primary N) is 1. The molecule has 0 radical (unpaired) electrons. The monoisotopic (exact) mass is 275 g/mol. The van der Waals surface area contributed by atoms with Crippen molar-refractivity contribution in [3.05, 3.63) is 52.8 Å². The van der Waals surface area contributed by atoms with Crippen LogP contribution < -0.4 is 5.73 Å². The standard InChI is InChI=1S/C14H11ClFN3/c1-8-2-5-12-11(6-8)18-14(17)19(12)13-7-9(15)3-4-10(13)16/h2-7H,1H3,(H2,17,18). The van der Waals surface area contributed by atoms with Crippen molar-refractivity contribution in [2.24, 2.45) is 0 Å². The van der Waals surface area contributed by atoms with Gasteiger partial charge in [0.15, 0.2) is 0 Å². The summed E-state index contributed by atoms with van der Waals surface area (Å²) in [5.41, 5.74) is 8.76. The van der Waals surface area contributed by atoms with E-state index in [1.165, 1.54) is 18.2 Å². The van der Waals surface area contributed by atoms with E-state index in [1.54, 1.807) is 4.57 Å². The zero-order valence-corrected chi connectivity index (χ0v) is 10.9. The topological polar surface area (TPSA) is 43.8 Å². The predicted octanol–water partition coefficient (Wildman–Crippen LogP) is 3.71. The molecule has 0 bridgehead atoms. The molecule has 5 heteroatoms. The summed E-state index contributed by atoms with van der Waals surface area (Å²) in [5, 5.41) is 0.449. The molecule has 3 nitrogen and oxygen atoms in total. The smallest absolute Gasteiger partial charge is 0.206 e. The Balaban J connectivity index is 2.36. The molecule has 0 aliphatic heterocycles. The molecule has 0 spiro atoms. The van der Waals surface area contributed by atoms with E-state index < -0.39 is 5.82 Å². The molecule has 0 amide bonds. The second kappa shape index (κ2) is 4.24. The minimum atomic E-state index is -0.393. The zero-order chi connectivity index (χ0) is 13.6. The van der Waals surface area contributed by atoms with Crippen LogP contribution in [0.3, 0.4) is 0 Å². The fourth-order valence-corrected chi connectivity index (χ4v) is 2.29. The van der Waals surface area contributed by atoms with Gasteiger partial charge in [0.25, 0.3) is 0 Å². The molecule has 1 heterocycles. The van der Waals surface area contributed by atoms with Crippen LogP contribution in [-0.4, -0.2) is 9.55 Å².